The van der Waals surface area contributed by atoms with Crippen molar-refractivity contribution in [2.45, 2.75) is 18.8 Å². The molecule has 3 aromatic rings. The molecule has 140 valence electrons. The van der Waals surface area contributed by atoms with Crippen LogP contribution in [0, 0.1) is 0 Å². The Morgan fingerprint density at radius 2 is 2.15 bits per heavy atom. The van der Waals surface area contributed by atoms with Gasteiger partial charge in [0.15, 0.2) is 11.6 Å². The minimum atomic E-state index is -1.00. The van der Waals surface area contributed by atoms with Crippen LogP contribution >= 0.6 is 11.6 Å². The number of aromatic carboxylic acids is 1. The maximum Gasteiger partial charge on any atom is 0.335 e. The summed E-state index contributed by atoms with van der Waals surface area (Å²) in [6.45, 7) is 0. The first kappa shape index (κ1) is 16.3. The highest BCUT2D eigenvalue weighted by atomic mass is 35.5. The first-order valence-electron chi connectivity index (χ1n) is 8.04. The lowest BCUT2D eigenvalue weighted by molar-refractivity contribution is 0.0697. The van der Waals surface area contributed by atoms with Crippen molar-refractivity contribution in [3.05, 3.63) is 52.8 Å². The number of nitrogens with one attached hydrogen (secondary N) is 3. The third kappa shape index (κ3) is 3.60. The SMILES string of the molecule is O=C(O)c1cccc(Nc2ncc(Cl)c(Nc3cc(C4CC4)[nH]n3)n2)c1.[HH].[HH].[HH].[HH]. The molecule has 0 bridgehead atoms. The molecule has 0 saturated heterocycles. The Morgan fingerprint density at radius 1 is 1.31 bits per heavy atom. The second kappa shape index (κ2) is 6.64. The van der Waals surface area contributed by atoms with Gasteiger partial charge < -0.3 is 15.7 Å². The number of nitrogens with zero attached hydrogens (tertiary/aromatic N) is 3. The monoisotopic (exact) mass is 378 g/mol. The fourth-order valence-electron chi connectivity index (χ4n) is 2.50. The summed E-state index contributed by atoms with van der Waals surface area (Å²) in [6, 6.07) is 8.33. The van der Waals surface area contributed by atoms with E-state index in [0.29, 0.717) is 28.3 Å². The van der Waals surface area contributed by atoms with E-state index in [1.807, 2.05) is 6.07 Å². The van der Waals surface area contributed by atoms with E-state index < -0.39 is 5.97 Å². The number of carboxylic acids is 1. The second-order valence-corrected chi connectivity index (χ2v) is 6.42. The van der Waals surface area contributed by atoms with Crippen LogP contribution in [0.15, 0.2) is 36.5 Å². The van der Waals surface area contributed by atoms with Crippen LogP contribution in [-0.2, 0) is 0 Å². The first-order valence-corrected chi connectivity index (χ1v) is 8.41. The molecule has 26 heavy (non-hydrogen) atoms. The maximum absolute atomic E-state index is 11.1. The standard InChI is InChI=1S/C17H15ClN6O2.4H2/c18-12-8-19-17(20-11-3-1-2-10(6-11)16(25)26)22-15(12)21-14-7-13(23-24-14)9-4-5-9;;;;/h1-3,6-9H,4-5H2,(H,25,26)(H3,19,20,21,22,23,24);4*1H. The molecule has 2 heterocycles. The van der Waals surface area contributed by atoms with Crippen LogP contribution in [0.1, 0.15) is 40.5 Å². The van der Waals surface area contributed by atoms with Crippen LogP contribution in [0.25, 0.3) is 0 Å². The van der Waals surface area contributed by atoms with Gasteiger partial charge in [-0.25, -0.2) is 9.78 Å². The lowest BCUT2D eigenvalue weighted by atomic mass is 10.2. The fraction of sp³-hybridized carbons (Fsp3) is 0.176. The molecule has 1 fully saturated rings. The van der Waals surface area contributed by atoms with E-state index in [9.17, 15) is 4.79 Å². The summed E-state index contributed by atoms with van der Waals surface area (Å²) in [6.07, 6.45) is 3.83. The Balaban J connectivity index is 0.00000210. The zero-order chi connectivity index (χ0) is 18.1. The number of hydrogen-bond donors (Lipinski definition) is 4. The van der Waals surface area contributed by atoms with E-state index in [2.05, 4.69) is 30.8 Å². The van der Waals surface area contributed by atoms with Gasteiger partial charge in [-0.1, -0.05) is 17.7 Å². The van der Waals surface area contributed by atoms with Crippen molar-refractivity contribution in [1.82, 2.24) is 20.2 Å². The van der Waals surface area contributed by atoms with E-state index >= 15 is 0 Å². The highest BCUT2D eigenvalue weighted by Crippen LogP contribution is 2.39. The largest absolute Gasteiger partial charge is 0.478 e. The van der Waals surface area contributed by atoms with Crippen LogP contribution in [0.4, 0.5) is 23.3 Å². The van der Waals surface area contributed by atoms with Gasteiger partial charge in [0, 0.05) is 29.1 Å². The van der Waals surface area contributed by atoms with Gasteiger partial charge in [0.05, 0.1) is 11.8 Å². The van der Waals surface area contributed by atoms with Crippen LogP contribution in [0.3, 0.4) is 0 Å². The van der Waals surface area contributed by atoms with Crippen molar-refractivity contribution in [1.29, 1.82) is 0 Å². The topological polar surface area (TPSA) is 116 Å². The number of halogens is 1. The van der Waals surface area contributed by atoms with Gasteiger partial charge in [-0.2, -0.15) is 10.1 Å². The Morgan fingerprint density at radius 3 is 2.92 bits per heavy atom. The first-order chi connectivity index (χ1) is 12.6. The number of aromatic amines is 1. The normalized spacial score (nSPS) is 13.4. The Bertz CT molecular complexity index is 986. The Labute approximate surface area is 159 Å². The van der Waals surface area contributed by atoms with E-state index in [1.165, 1.54) is 31.2 Å². The van der Waals surface area contributed by atoms with Crippen molar-refractivity contribution in [3.63, 3.8) is 0 Å². The molecule has 1 aromatic carbocycles. The van der Waals surface area contributed by atoms with Gasteiger partial charge in [-0.05, 0) is 31.0 Å². The predicted molar refractivity (Wildman–Crippen MR) is 106 cm³/mol. The van der Waals surface area contributed by atoms with Gasteiger partial charge in [0.1, 0.15) is 5.02 Å². The average Bonchev–Trinajstić information content (AvgIpc) is 3.38. The van der Waals surface area contributed by atoms with Crippen LogP contribution in [0.5, 0.6) is 0 Å². The number of benzene rings is 1. The van der Waals surface area contributed by atoms with Gasteiger partial charge in [0.2, 0.25) is 5.95 Å². The number of carboxylic acid groups (broad SMARTS) is 1. The average molecular weight is 379 g/mol. The number of carbonyl (C=O) groups is 1. The molecule has 0 amide bonds. The quantitative estimate of drug-likeness (QED) is 0.482. The maximum atomic E-state index is 11.1. The molecule has 1 aliphatic rings. The minimum Gasteiger partial charge on any atom is -0.478 e. The molecule has 2 aromatic heterocycles. The molecule has 4 rings (SSSR count). The summed E-state index contributed by atoms with van der Waals surface area (Å²) in [7, 11) is 0. The van der Waals surface area contributed by atoms with Crippen molar-refractivity contribution >= 4 is 40.8 Å². The zero-order valence-corrected chi connectivity index (χ0v) is 14.3. The molecule has 4 N–H and O–H groups in total. The molecule has 0 unspecified atom stereocenters. The molecule has 9 heteroatoms. The summed E-state index contributed by atoms with van der Waals surface area (Å²) in [5.74, 6) is 0.895. The summed E-state index contributed by atoms with van der Waals surface area (Å²) >= 11 is 6.17. The number of H-pyrrole nitrogens is 1. The van der Waals surface area contributed by atoms with Crippen molar-refractivity contribution in [2.75, 3.05) is 10.6 Å². The molecule has 0 radical (unpaired) electrons. The van der Waals surface area contributed by atoms with Crippen LogP contribution in [0.2, 0.25) is 5.02 Å². The summed E-state index contributed by atoms with van der Waals surface area (Å²) < 4.78 is 0. The van der Waals surface area contributed by atoms with Crippen molar-refractivity contribution in [2.24, 2.45) is 0 Å². The van der Waals surface area contributed by atoms with Crippen molar-refractivity contribution in [3.8, 4) is 0 Å². The number of anilines is 4. The van der Waals surface area contributed by atoms with E-state index in [4.69, 9.17) is 16.7 Å². The molecular formula is C17H23ClN6O2. The van der Waals surface area contributed by atoms with Crippen LogP contribution in [-0.4, -0.2) is 31.2 Å². The molecule has 0 spiro atoms. The summed E-state index contributed by atoms with van der Waals surface area (Å²) in [5, 5.41) is 22.7. The van der Waals surface area contributed by atoms with Gasteiger partial charge in [0.25, 0.3) is 0 Å². The van der Waals surface area contributed by atoms with Crippen molar-refractivity contribution < 1.29 is 15.6 Å². The second-order valence-electron chi connectivity index (χ2n) is 6.01. The smallest absolute Gasteiger partial charge is 0.335 e. The van der Waals surface area contributed by atoms with E-state index in [1.54, 1.807) is 12.1 Å². The van der Waals surface area contributed by atoms with E-state index in [-0.39, 0.29) is 17.2 Å². The number of hydrogen-bond acceptors (Lipinski definition) is 6. The highest BCUT2D eigenvalue weighted by molar-refractivity contribution is 6.32. The lowest BCUT2D eigenvalue weighted by Gasteiger charge is -2.09. The Hall–Kier alpha value is -3.13. The molecule has 1 aliphatic carbocycles. The third-order valence-electron chi connectivity index (χ3n) is 3.97. The summed E-state index contributed by atoms with van der Waals surface area (Å²) in [4.78, 5) is 19.5. The third-order valence-corrected chi connectivity index (χ3v) is 4.25. The zero-order valence-electron chi connectivity index (χ0n) is 13.5. The lowest BCUT2D eigenvalue weighted by Crippen LogP contribution is -2.03. The Kier molecular flexibility index (Phi) is 4.18. The number of rotatable bonds is 6. The molecule has 8 nitrogen and oxygen atoms in total. The molecular weight excluding hydrogens is 356 g/mol. The molecule has 1 saturated carbocycles. The number of aromatic nitrogens is 4. The van der Waals surface area contributed by atoms with Crippen LogP contribution < -0.4 is 10.6 Å². The van der Waals surface area contributed by atoms with Gasteiger partial charge in [-0.15, -0.1) is 0 Å². The minimum absolute atomic E-state index is 0. The van der Waals surface area contributed by atoms with E-state index in [0.717, 1.165) is 5.69 Å². The van der Waals surface area contributed by atoms with Gasteiger partial charge >= 0.3 is 5.97 Å². The summed E-state index contributed by atoms with van der Waals surface area (Å²) in [5.41, 5.74) is 1.84. The predicted octanol–water partition coefficient (Wildman–Crippen LogP) is 4.90. The van der Waals surface area contributed by atoms with Gasteiger partial charge in [-0.3, -0.25) is 5.10 Å². The molecule has 0 aliphatic heterocycles. The highest BCUT2D eigenvalue weighted by Gasteiger charge is 2.25. The molecule has 0 atom stereocenters. The fourth-order valence-corrected chi connectivity index (χ4v) is 2.64.